The van der Waals surface area contributed by atoms with E-state index in [9.17, 15) is 5.26 Å². The fourth-order valence-corrected chi connectivity index (χ4v) is 3.62. The van der Waals surface area contributed by atoms with Gasteiger partial charge in [0.15, 0.2) is 11.5 Å². The quantitative estimate of drug-likeness (QED) is 0.666. The Labute approximate surface area is 174 Å². The summed E-state index contributed by atoms with van der Waals surface area (Å²) in [5.74, 6) is 1.15. The summed E-state index contributed by atoms with van der Waals surface area (Å²) in [5, 5.41) is 17.2. The Morgan fingerprint density at radius 2 is 1.93 bits per heavy atom. The van der Waals surface area contributed by atoms with E-state index in [4.69, 9.17) is 19.9 Å². The molecule has 0 bridgehead atoms. The van der Waals surface area contributed by atoms with Crippen LogP contribution in [0.5, 0.6) is 17.4 Å². The summed E-state index contributed by atoms with van der Waals surface area (Å²) in [6.07, 6.45) is 0.00296. The molecule has 0 amide bonds. The highest BCUT2D eigenvalue weighted by Crippen LogP contribution is 2.47. The topological polar surface area (TPSA) is 106 Å². The van der Waals surface area contributed by atoms with Gasteiger partial charge in [-0.1, -0.05) is 36.4 Å². The van der Waals surface area contributed by atoms with E-state index in [1.165, 1.54) is 0 Å². The van der Waals surface area contributed by atoms with Crippen LogP contribution in [0.4, 0.5) is 0 Å². The molecule has 1 aliphatic rings. The fourth-order valence-electron chi connectivity index (χ4n) is 3.62. The lowest BCUT2D eigenvalue weighted by molar-refractivity contribution is 0.230. The third-order valence-corrected chi connectivity index (χ3v) is 4.89. The molecule has 0 radical (unpaired) electrons. The number of hydrogen-bond acceptors (Lipinski definition) is 6. The molecule has 152 valence electrons. The zero-order valence-corrected chi connectivity index (χ0v) is 17.0. The highest BCUT2D eigenvalue weighted by molar-refractivity contribution is 5.71. The van der Waals surface area contributed by atoms with Gasteiger partial charge in [0.05, 0.1) is 30.4 Å². The summed E-state index contributed by atoms with van der Waals surface area (Å²) in [4.78, 5) is 0. The molecular weight excluding hydrogens is 380 g/mol. The molecule has 7 heteroatoms. The van der Waals surface area contributed by atoms with Gasteiger partial charge in [0.1, 0.15) is 11.6 Å². The number of aromatic nitrogens is 2. The summed E-state index contributed by atoms with van der Waals surface area (Å²) in [6.45, 7) is 3.90. The fraction of sp³-hybridized carbons (Fsp3) is 0.217. The highest BCUT2D eigenvalue weighted by atomic mass is 16.5. The smallest absolute Gasteiger partial charge is 0.244 e. The van der Waals surface area contributed by atoms with E-state index in [1.807, 2.05) is 62.4 Å². The molecule has 2 aromatic carbocycles. The van der Waals surface area contributed by atoms with Crippen LogP contribution >= 0.6 is 0 Å². The number of fused-ring (bicyclic) bond motifs is 1. The maximum absolute atomic E-state index is 9.86. The number of benzene rings is 2. The van der Waals surface area contributed by atoms with Crippen LogP contribution in [-0.4, -0.2) is 23.4 Å². The maximum atomic E-state index is 9.86. The minimum absolute atomic E-state index is 0.00296. The number of nitrogens with zero attached hydrogens (tertiary/aromatic N) is 2. The molecule has 1 aliphatic heterocycles. The molecule has 4 rings (SSSR count). The van der Waals surface area contributed by atoms with E-state index < -0.39 is 5.92 Å². The van der Waals surface area contributed by atoms with Crippen LogP contribution in [-0.2, 0) is 0 Å². The lowest BCUT2D eigenvalue weighted by Crippen LogP contribution is -2.21. The van der Waals surface area contributed by atoms with Gasteiger partial charge >= 0.3 is 0 Å². The third kappa shape index (κ3) is 3.33. The van der Waals surface area contributed by atoms with Gasteiger partial charge < -0.3 is 19.9 Å². The van der Waals surface area contributed by atoms with Gasteiger partial charge in [-0.3, -0.25) is 5.10 Å². The molecule has 0 fully saturated rings. The Bertz CT molecular complexity index is 1140. The lowest BCUT2D eigenvalue weighted by Gasteiger charge is -2.25. The molecule has 0 saturated heterocycles. The Kier molecular flexibility index (Phi) is 5.07. The predicted octanol–water partition coefficient (Wildman–Crippen LogP) is 4.09. The van der Waals surface area contributed by atoms with E-state index in [2.05, 4.69) is 16.3 Å². The Morgan fingerprint density at radius 1 is 1.17 bits per heavy atom. The first-order valence-corrected chi connectivity index (χ1v) is 9.59. The molecule has 3 aromatic rings. The zero-order valence-electron chi connectivity index (χ0n) is 17.0. The second-order valence-corrected chi connectivity index (χ2v) is 7.19. The first-order valence-electron chi connectivity index (χ1n) is 9.59. The van der Waals surface area contributed by atoms with Crippen molar-refractivity contribution in [3.05, 3.63) is 71.1 Å². The van der Waals surface area contributed by atoms with Crippen molar-refractivity contribution >= 4 is 0 Å². The minimum atomic E-state index is -0.463. The zero-order chi connectivity index (χ0) is 21.3. The van der Waals surface area contributed by atoms with Crippen molar-refractivity contribution < 1.29 is 14.2 Å². The van der Waals surface area contributed by atoms with Crippen molar-refractivity contribution in [2.75, 3.05) is 7.11 Å². The average molecular weight is 402 g/mol. The second kappa shape index (κ2) is 7.84. The number of allylic oxidation sites excluding steroid dienone is 1. The van der Waals surface area contributed by atoms with Gasteiger partial charge in [0.2, 0.25) is 11.8 Å². The van der Waals surface area contributed by atoms with Crippen LogP contribution in [0.1, 0.15) is 30.9 Å². The van der Waals surface area contributed by atoms with Gasteiger partial charge in [-0.05, 0) is 37.1 Å². The van der Waals surface area contributed by atoms with Crippen molar-refractivity contribution in [3.63, 3.8) is 0 Å². The number of methoxy groups -OCH3 is 1. The summed E-state index contributed by atoms with van der Waals surface area (Å²) < 4.78 is 17.0. The Morgan fingerprint density at radius 3 is 2.60 bits per heavy atom. The summed E-state index contributed by atoms with van der Waals surface area (Å²) in [5.41, 5.74) is 9.68. The molecule has 3 N–H and O–H groups in total. The number of rotatable bonds is 5. The molecular formula is C23H22N4O3. The van der Waals surface area contributed by atoms with Crippen molar-refractivity contribution in [2.24, 2.45) is 5.73 Å². The van der Waals surface area contributed by atoms with Crippen LogP contribution < -0.4 is 19.9 Å². The predicted molar refractivity (Wildman–Crippen MR) is 112 cm³/mol. The summed E-state index contributed by atoms with van der Waals surface area (Å²) in [6, 6.07) is 17.6. The van der Waals surface area contributed by atoms with Gasteiger partial charge in [-0.25, -0.2) is 0 Å². The largest absolute Gasteiger partial charge is 0.493 e. The number of hydrogen-bond donors (Lipinski definition) is 2. The van der Waals surface area contributed by atoms with Gasteiger partial charge in [-0.2, -0.15) is 5.26 Å². The molecule has 1 unspecified atom stereocenters. The highest BCUT2D eigenvalue weighted by Gasteiger charge is 2.36. The number of nitriles is 1. The molecule has 0 spiro atoms. The SMILES string of the molecule is COc1cc(C2C(C#N)=C(N)Oc3n[nH]c(-c4ccccc4)c32)ccc1OC(C)C. The van der Waals surface area contributed by atoms with Gasteiger partial charge in [0.25, 0.3) is 0 Å². The molecule has 7 nitrogen and oxygen atoms in total. The minimum Gasteiger partial charge on any atom is -0.493 e. The monoisotopic (exact) mass is 402 g/mol. The van der Waals surface area contributed by atoms with E-state index in [1.54, 1.807) is 7.11 Å². The number of H-pyrrole nitrogens is 1. The van der Waals surface area contributed by atoms with E-state index in [0.717, 1.165) is 22.4 Å². The number of aromatic amines is 1. The Hall–Kier alpha value is -3.92. The van der Waals surface area contributed by atoms with Crippen LogP contribution in [0.3, 0.4) is 0 Å². The number of nitrogens with one attached hydrogen (secondary N) is 1. The molecule has 1 aromatic heterocycles. The van der Waals surface area contributed by atoms with Gasteiger partial charge in [-0.15, -0.1) is 5.10 Å². The first kappa shape index (κ1) is 19.4. The standard InChI is InChI=1S/C23H22N4O3/c1-13(2)29-17-10-9-15(11-18(17)28-3)19-16(12-24)22(25)30-23-20(19)21(26-27-23)14-7-5-4-6-8-14/h4-11,13,19H,25H2,1-3H3,(H,26,27). The molecule has 1 atom stereocenters. The second-order valence-electron chi connectivity index (χ2n) is 7.19. The number of ether oxygens (including phenoxy) is 3. The van der Waals surface area contributed by atoms with Crippen LogP contribution in [0.25, 0.3) is 11.3 Å². The van der Waals surface area contributed by atoms with Crippen LogP contribution in [0.15, 0.2) is 60.0 Å². The van der Waals surface area contributed by atoms with Gasteiger partial charge in [0, 0.05) is 0 Å². The molecule has 2 heterocycles. The summed E-state index contributed by atoms with van der Waals surface area (Å²) in [7, 11) is 1.59. The average Bonchev–Trinajstić information content (AvgIpc) is 3.16. The van der Waals surface area contributed by atoms with Crippen molar-refractivity contribution in [3.8, 4) is 34.7 Å². The van der Waals surface area contributed by atoms with E-state index >= 15 is 0 Å². The lowest BCUT2D eigenvalue weighted by atomic mass is 9.83. The summed E-state index contributed by atoms with van der Waals surface area (Å²) >= 11 is 0. The van der Waals surface area contributed by atoms with Crippen molar-refractivity contribution in [1.82, 2.24) is 10.2 Å². The van der Waals surface area contributed by atoms with Crippen LogP contribution in [0, 0.1) is 11.3 Å². The van der Waals surface area contributed by atoms with Crippen LogP contribution in [0.2, 0.25) is 0 Å². The first-order chi connectivity index (χ1) is 14.5. The van der Waals surface area contributed by atoms with E-state index in [0.29, 0.717) is 23.0 Å². The van der Waals surface area contributed by atoms with Crippen molar-refractivity contribution in [2.45, 2.75) is 25.9 Å². The normalized spacial score (nSPS) is 15.4. The molecule has 0 saturated carbocycles. The van der Waals surface area contributed by atoms with E-state index in [-0.39, 0.29) is 12.0 Å². The molecule has 30 heavy (non-hydrogen) atoms. The number of nitrogens with two attached hydrogens (primary N) is 1. The Balaban J connectivity index is 1.89. The maximum Gasteiger partial charge on any atom is 0.244 e. The van der Waals surface area contributed by atoms with Crippen molar-refractivity contribution in [1.29, 1.82) is 5.26 Å². The molecule has 0 aliphatic carbocycles. The third-order valence-electron chi connectivity index (χ3n) is 4.89.